The van der Waals surface area contributed by atoms with Gasteiger partial charge in [-0.25, -0.2) is 16.8 Å². The van der Waals surface area contributed by atoms with Gasteiger partial charge in [0.2, 0.25) is 0 Å². The molecular weight excluding hydrogens is 881 g/mol. The summed E-state index contributed by atoms with van der Waals surface area (Å²) in [5.74, 6) is 1.25. The molecule has 1 N–H and O–H groups in total. The van der Waals surface area contributed by atoms with Crippen LogP contribution in [0, 0.1) is 0 Å². The normalized spacial score (nSPS) is 13.5. The molecule has 0 bridgehead atoms. The first-order chi connectivity index (χ1) is 31.6. The number of fused-ring (bicyclic) bond motifs is 2. The number of sulfone groups is 2. The van der Waals surface area contributed by atoms with Crippen molar-refractivity contribution in [2.45, 2.75) is 43.1 Å². The van der Waals surface area contributed by atoms with Crippen LogP contribution in [-0.2, 0) is 37.1 Å². The molecule has 0 radical (unpaired) electrons. The van der Waals surface area contributed by atoms with Crippen molar-refractivity contribution >= 4 is 42.2 Å². The van der Waals surface area contributed by atoms with E-state index in [0.29, 0.717) is 27.8 Å². The van der Waals surface area contributed by atoms with Crippen LogP contribution in [0.25, 0.3) is 11.0 Å². The molecule has 6 aromatic carbocycles. The Morgan fingerprint density at radius 2 is 0.955 bits per heavy atom. The molecule has 8 rings (SSSR count). The zero-order valence-corrected chi connectivity index (χ0v) is 40.3. The third kappa shape index (κ3) is 10.5. The number of hydrogen-bond acceptors (Lipinski definition) is 9. The van der Waals surface area contributed by atoms with Crippen molar-refractivity contribution in [1.82, 2.24) is 0 Å². The molecule has 0 fully saturated rings. The standard InChI is InChI=1S/C32H34O3.2C12H10O3S/c1-31(2,24-8-6-23(22-33)7-9-24)25-10-12-26(13-11-25)32(3,27-14-18-29(34-4)19-15-27)28-16-20-30(35-5)21-17-28;1-8-6-7-9-10(12(8)13)4-3-5-11(9)16(2,14)15;1-8-7-11(16(2,14)15)9-5-3-4-6-10(9)12(8)13/h6-21,33H,22H2,1-5H3;2*3-7H,1H2,2H3. The second-order valence-electron chi connectivity index (χ2n) is 17.0. The number of carbonyl (C=O) groups excluding carboxylic acids is 2. The maximum absolute atomic E-state index is 11.8. The highest BCUT2D eigenvalue weighted by atomic mass is 32.2. The topological polar surface area (TPSA) is 141 Å². The summed E-state index contributed by atoms with van der Waals surface area (Å²) in [6.45, 7) is 14.0. The van der Waals surface area contributed by atoms with E-state index in [1.54, 1.807) is 62.8 Å². The van der Waals surface area contributed by atoms with Crippen LogP contribution in [0.4, 0.5) is 0 Å². The van der Waals surface area contributed by atoms with Crippen LogP contribution in [0.2, 0.25) is 0 Å². The second kappa shape index (κ2) is 19.9. The van der Waals surface area contributed by atoms with Gasteiger partial charge >= 0.3 is 0 Å². The average Bonchev–Trinajstić information content (AvgIpc) is 3.33. The molecule has 0 spiro atoms. The van der Waals surface area contributed by atoms with E-state index in [9.17, 15) is 31.5 Å². The monoisotopic (exact) mass is 934 g/mol. The molecule has 6 aromatic rings. The highest BCUT2D eigenvalue weighted by Crippen LogP contribution is 2.42. The summed E-state index contributed by atoms with van der Waals surface area (Å²) >= 11 is 0. The first-order valence-electron chi connectivity index (χ1n) is 21.2. The molecule has 0 saturated carbocycles. The Morgan fingerprint density at radius 1 is 0.522 bits per heavy atom. The van der Waals surface area contributed by atoms with Gasteiger partial charge in [0.1, 0.15) is 11.5 Å². The largest absolute Gasteiger partial charge is 0.497 e. The summed E-state index contributed by atoms with van der Waals surface area (Å²) < 4.78 is 57.0. The Hall–Kier alpha value is -6.92. The Balaban J connectivity index is 0.000000191. The summed E-state index contributed by atoms with van der Waals surface area (Å²) in [5.41, 5.74) is 8.75. The molecular formula is C56H54O9S2. The van der Waals surface area contributed by atoms with Gasteiger partial charge in [0.25, 0.3) is 0 Å². The molecule has 11 heteroatoms. The summed E-state index contributed by atoms with van der Waals surface area (Å²) in [5, 5.41) is 9.39. The number of ether oxygens (including phenoxy) is 2. The van der Waals surface area contributed by atoms with Gasteiger partial charge in [-0.2, -0.15) is 0 Å². The Morgan fingerprint density at radius 3 is 1.42 bits per heavy atom. The van der Waals surface area contributed by atoms with E-state index in [4.69, 9.17) is 9.47 Å². The first kappa shape index (κ1) is 49.5. The molecule has 2 aliphatic carbocycles. The van der Waals surface area contributed by atoms with E-state index in [-0.39, 0.29) is 44.4 Å². The number of methoxy groups -OCH3 is 2. The SMILES string of the molecule is C=C1C=C(S(C)(=O)=O)c2ccccc2C1=O.C=C1C=Cc2c(cccc2S(C)(=O)=O)C1=O.COc1ccc(C(C)(c2ccc(OC)cc2)c2ccc(C(C)(C)c3ccc(CO)cc3)cc2)cc1. The number of allylic oxidation sites excluding steroid dienone is 4. The quantitative estimate of drug-likeness (QED) is 0.105. The van der Waals surface area contributed by atoms with Gasteiger partial charge in [0.15, 0.2) is 31.2 Å². The summed E-state index contributed by atoms with van der Waals surface area (Å²) in [4.78, 5) is 23.8. The van der Waals surface area contributed by atoms with Gasteiger partial charge in [0, 0.05) is 56.7 Å². The molecule has 0 aromatic heterocycles. The highest BCUT2D eigenvalue weighted by Gasteiger charge is 2.33. The average molecular weight is 935 g/mol. The molecule has 2 aliphatic rings. The number of rotatable bonds is 10. The molecule has 0 amide bonds. The van der Waals surface area contributed by atoms with Crippen LogP contribution >= 0.6 is 0 Å². The van der Waals surface area contributed by atoms with Crippen molar-refractivity contribution in [1.29, 1.82) is 0 Å². The van der Waals surface area contributed by atoms with E-state index in [1.165, 1.54) is 40.0 Å². The zero-order valence-electron chi connectivity index (χ0n) is 38.7. The van der Waals surface area contributed by atoms with Crippen molar-refractivity contribution in [3.8, 4) is 11.5 Å². The van der Waals surface area contributed by atoms with E-state index in [0.717, 1.165) is 29.6 Å². The highest BCUT2D eigenvalue weighted by molar-refractivity contribution is 8.00. The third-order valence-electron chi connectivity index (χ3n) is 12.3. The summed E-state index contributed by atoms with van der Waals surface area (Å²) in [7, 11) is -3.29. The lowest BCUT2D eigenvalue weighted by Crippen LogP contribution is -2.26. The van der Waals surface area contributed by atoms with E-state index < -0.39 is 19.7 Å². The number of Topliss-reactive ketones (excluding diaryl/α,β-unsaturated/α-hetero) is 2. The number of ketones is 2. The number of carbonyl (C=O) groups is 2. The molecule has 0 aliphatic heterocycles. The maximum Gasteiger partial charge on any atom is 0.193 e. The van der Waals surface area contributed by atoms with Gasteiger partial charge in [-0.05, 0) is 76.7 Å². The van der Waals surface area contributed by atoms with Crippen LogP contribution in [-0.4, -0.2) is 60.2 Å². The lowest BCUT2D eigenvalue weighted by Gasteiger charge is -2.33. The Bertz CT molecular complexity index is 3090. The van der Waals surface area contributed by atoms with Crippen LogP contribution in [0.5, 0.6) is 11.5 Å². The van der Waals surface area contributed by atoms with Crippen molar-refractivity contribution in [3.05, 3.63) is 232 Å². The molecule has 0 atom stereocenters. The lowest BCUT2D eigenvalue weighted by atomic mass is 9.70. The van der Waals surface area contributed by atoms with Gasteiger partial charge in [-0.3, -0.25) is 9.59 Å². The zero-order chi connectivity index (χ0) is 48.9. The van der Waals surface area contributed by atoms with E-state index >= 15 is 0 Å². The molecule has 344 valence electrons. The number of hydrogen-bond donors (Lipinski definition) is 1. The molecule has 0 heterocycles. The minimum Gasteiger partial charge on any atom is -0.497 e. The predicted molar refractivity (Wildman–Crippen MR) is 267 cm³/mol. The fourth-order valence-corrected chi connectivity index (χ4v) is 9.95. The fraction of sp³-hybridized carbons (Fsp3) is 0.179. The molecule has 9 nitrogen and oxygen atoms in total. The molecule has 67 heavy (non-hydrogen) atoms. The number of aliphatic hydroxyl groups excluding tert-OH is 1. The summed E-state index contributed by atoms with van der Waals surface area (Å²) in [6, 6.07) is 45.2. The Kier molecular flexibility index (Phi) is 14.7. The van der Waals surface area contributed by atoms with Gasteiger partial charge < -0.3 is 14.6 Å². The lowest BCUT2D eigenvalue weighted by molar-refractivity contribution is 0.102. The minimum atomic E-state index is -3.35. The van der Waals surface area contributed by atoms with Crippen LogP contribution in [0.3, 0.4) is 0 Å². The van der Waals surface area contributed by atoms with Crippen molar-refractivity contribution in [3.63, 3.8) is 0 Å². The van der Waals surface area contributed by atoms with E-state index in [1.807, 2.05) is 36.4 Å². The van der Waals surface area contributed by atoms with Crippen LogP contribution in [0.15, 0.2) is 181 Å². The van der Waals surface area contributed by atoms with Crippen molar-refractivity contribution in [2.75, 3.05) is 26.7 Å². The molecule has 0 saturated heterocycles. The van der Waals surface area contributed by atoms with Crippen LogP contribution < -0.4 is 9.47 Å². The van der Waals surface area contributed by atoms with Crippen molar-refractivity contribution < 1.29 is 41.0 Å². The third-order valence-corrected chi connectivity index (χ3v) is 14.6. The smallest absolute Gasteiger partial charge is 0.193 e. The minimum absolute atomic E-state index is 0.0602. The maximum atomic E-state index is 11.8. The van der Waals surface area contributed by atoms with Gasteiger partial charge in [-0.15, -0.1) is 0 Å². The fourth-order valence-electron chi connectivity index (χ4n) is 8.11. The summed E-state index contributed by atoms with van der Waals surface area (Å²) in [6.07, 6.45) is 6.75. The van der Waals surface area contributed by atoms with E-state index in [2.05, 4.69) is 94.6 Å². The van der Waals surface area contributed by atoms with Crippen molar-refractivity contribution in [2.24, 2.45) is 0 Å². The Labute approximate surface area is 394 Å². The number of aliphatic hydroxyl groups is 1. The van der Waals surface area contributed by atoms with Gasteiger partial charge in [0.05, 0.1) is 30.6 Å². The number of benzene rings is 6. The van der Waals surface area contributed by atoms with Gasteiger partial charge in [-0.1, -0.05) is 148 Å². The predicted octanol–water partition coefficient (Wildman–Crippen LogP) is 10.6. The second-order valence-corrected chi connectivity index (χ2v) is 21.0. The first-order valence-corrected chi connectivity index (χ1v) is 25.0. The van der Waals surface area contributed by atoms with Crippen LogP contribution in [0.1, 0.15) is 86.0 Å². The molecule has 0 unspecified atom stereocenters.